The summed E-state index contributed by atoms with van der Waals surface area (Å²) in [6.45, 7) is 2.49. The Morgan fingerprint density at radius 1 is 1.24 bits per heavy atom. The van der Waals surface area contributed by atoms with Gasteiger partial charge in [-0.05, 0) is 49.9 Å². The Bertz CT molecular complexity index is 724. The zero-order valence-electron chi connectivity index (χ0n) is 12.1. The van der Waals surface area contributed by atoms with Crippen molar-refractivity contribution >= 4 is 27.0 Å². The van der Waals surface area contributed by atoms with Crippen molar-refractivity contribution in [2.75, 3.05) is 18.9 Å². The van der Waals surface area contributed by atoms with E-state index in [4.69, 9.17) is 4.74 Å². The average Bonchev–Trinajstić information content (AvgIpc) is 2.91. The van der Waals surface area contributed by atoms with Gasteiger partial charge in [0, 0.05) is 11.4 Å². The Labute approximate surface area is 129 Å². The summed E-state index contributed by atoms with van der Waals surface area (Å²) in [6.07, 6.45) is 0. The summed E-state index contributed by atoms with van der Waals surface area (Å²) in [4.78, 5) is 0.976. The minimum atomic E-state index is -3.55. The van der Waals surface area contributed by atoms with Crippen LogP contribution in [0.25, 0.3) is 0 Å². The lowest BCUT2D eigenvalue weighted by Crippen LogP contribution is -2.12. The molecule has 0 saturated heterocycles. The van der Waals surface area contributed by atoms with Gasteiger partial charge in [0.1, 0.15) is 9.96 Å². The van der Waals surface area contributed by atoms with Gasteiger partial charge in [-0.15, -0.1) is 11.3 Å². The quantitative estimate of drug-likeness (QED) is 0.856. The van der Waals surface area contributed by atoms with E-state index in [9.17, 15) is 8.42 Å². The normalized spacial score (nSPS) is 11.4. The number of benzene rings is 1. The minimum absolute atomic E-state index is 0.308. The monoisotopic (exact) mass is 326 g/mol. The fourth-order valence-electron chi connectivity index (χ4n) is 1.84. The van der Waals surface area contributed by atoms with Gasteiger partial charge < -0.3 is 10.1 Å². The van der Waals surface area contributed by atoms with Crippen LogP contribution >= 0.6 is 11.3 Å². The van der Waals surface area contributed by atoms with E-state index >= 15 is 0 Å². The summed E-state index contributed by atoms with van der Waals surface area (Å²) in [5.41, 5.74) is 1.37. The molecule has 0 radical (unpaired) electrons. The molecule has 2 rings (SSSR count). The SMILES string of the molecule is CNCc1ccc(S(=O)(=O)Nc2ccc(OC)cc2C)s1. The fraction of sp³-hybridized carbons (Fsp3) is 0.286. The van der Waals surface area contributed by atoms with Gasteiger partial charge in [-0.2, -0.15) is 0 Å². The van der Waals surface area contributed by atoms with Gasteiger partial charge in [-0.3, -0.25) is 4.72 Å². The second kappa shape index (κ2) is 6.46. The van der Waals surface area contributed by atoms with Gasteiger partial charge in [0.25, 0.3) is 10.0 Å². The topological polar surface area (TPSA) is 67.4 Å². The zero-order valence-corrected chi connectivity index (χ0v) is 13.8. The van der Waals surface area contributed by atoms with Crippen LogP contribution in [-0.2, 0) is 16.6 Å². The first kappa shape index (κ1) is 15.8. The number of methoxy groups -OCH3 is 1. The van der Waals surface area contributed by atoms with E-state index in [1.165, 1.54) is 11.3 Å². The molecule has 2 N–H and O–H groups in total. The number of nitrogens with one attached hydrogen (secondary N) is 2. The standard InChI is InChI=1S/C14H18N2O3S2/c1-10-8-11(19-3)4-6-13(10)16-21(17,18)14-7-5-12(20-14)9-15-2/h4-8,15-16H,9H2,1-3H3. The molecule has 7 heteroatoms. The van der Waals surface area contributed by atoms with Crippen LogP contribution in [-0.4, -0.2) is 22.6 Å². The van der Waals surface area contributed by atoms with Gasteiger partial charge in [0.2, 0.25) is 0 Å². The molecule has 1 aromatic carbocycles. The second-order valence-corrected chi connectivity index (χ2v) is 7.61. The zero-order chi connectivity index (χ0) is 15.5. The molecule has 114 valence electrons. The number of anilines is 1. The maximum Gasteiger partial charge on any atom is 0.271 e. The lowest BCUT2D eigenvalue weighted by atomic mass is 10.2. The second-order valence-electron chi connectivity index (χ2n) is 4.54. The lowest BCUT2D eigenvalue weighted by Gasteiger charge is -2.10. The minimum Gasteiger partial charge on any atom is -0.497 e. The molecule has 0 aliphatic heterocycles. The Kier molecular flexibility index (Phi) is 4.87. The predicted octanol–water partition coefficient (Wildman–Crippen LogP) is 2.59. The molecule has 0 amide bonds. The van der Waals surface area contributed by atoms with E-state index in [2.05, 4.69) is 10.0 Å². The first-order valence-corrected chi connectivity index (χ1v) is 8.67. The van der Waals surface area contributed by atoms with Crippen molar-refractivity contribution in [3.8, 4) is 5.75 Å². The molecule has 0 aliphatic rings. The van der Waals surface area contributed by atoms with Crippen molar-refractivity contribution in [2.45, 2.75) is 17.7 Å². The largest absolute Gasteiger partial charge is 0.497 e. The third-order valence-electron chi connectivity index (χ3n) is 2.93. The van der Waals surface area contributed by atoms with Crippen LogP contribution in [0.4, 0.5) is 5.69 Å². The molecule has 0 atom stereocenters. The average molecular weight is 326 g/mol. The molecule has 0 aliphatic carbocycles. The molecular formula is C14H18N2O3S2. The van der Waals surface area contributed by atoms with E-state index in [0.29, 0.717) is 22.2 Å². The van der Waals surface area contributed by atoms with Crippen LogP contribution in [0, 0.1) is 6.92 Å². The Balaban J connectivity index is 2.24. The number of sulfonamides is 1. The molecule has 21 heavy (non-hydrogen) atoms. The summed E-state index contributed by atoms with van der Waals surface area (Å²) >= 11 is 1.26. The van der Waals surface area contributed by atoms with Crippen molar-refractivity contribution in [3.05, 3.63) is 40.8 Å². The van der Waals surface area contributed by atoms with Gasteiger partial charge in [-0.25, -0.2) is 8.42 Å². The molecule has 0 saturated carbocycles. The van der Waals surface area contributed by atoms with Crippen LogP contribution in [0.2, 0.25) is 0 Å². The molecule has 0 unspecified atom stereocenters. The summed E-state index contributed by atoms with van der Waals surface area (Å²) in [5, 5.41) is 3.00. The number of hydrogen-bond donors (Lipinski definition) is 2. The highest BCUT2D eigenvalue weighted by atomic mass is 32.2. The predicted molar refractivity (Wildman–Crippen MR) is 85.6 cm³/mol. The van der Waals surface area contributed by atoms with Gasteiger partial charge >= 0.3 is 0 Å². The van der Waals surface area contributed by atoms with Crippen LogP contribution < -0.4 is 14.8 Å². The van der Waals surface area contributed by atoms with Gasteiger partial charge in [0.15, 0.2) is 0 Å². The maximum atomic E-state index is 12.4. The molecule has 0 spiro atoms. The van der Waals surface area contributed by atoms with E-state index in [-0.39, 0.29) is 0 Å². The first-order chi connectivity index (χ1) is 9.96. The smallest absolute Gasteiger partial charge is 0.271 e. The van der Waals surface area contributed by atoms with Crippen LogP contribution in [0.1, 0.15) is 10.4 Å². The van der Waals surface area contributed by atoms with Crippen molar-refractivity contribution in [2.24, 2.45) is 0 Å². The van der Waals surface area contributed by atoms with E-state index in [1.807, 2.05) is 20.0 Å². The van der Waals surface area contributed by atoms with Crippen LogP contribution in [0.3, 0.4) is 0 Å². The highest BCUT2D eigenvalue weighted by Gasteiger charge is 2.18. The van der Waals surface area contributed by atoms with Gasteiger partial charge in [-0.1, -0.05) is 0 Å². The molecule has 2 aromatic rings. The third kappa shape index (κ3) is 3.75. The molecule has 0 bridgehead atoms. The number of thiophene rings is 1. The summed E-state index contributed by atoms with van der Waals surface area (Å²) < 4.78 is 32.8. The van der Waals surface area contributed by atoms with Crippen molar-refractivity contribution in [3.63, 3.8) is 0 Å². The van der Waals surface area contributed by atoms with Crippen LogP contribution in [0.5, 0.6) is 5.75 Å². The number of aryl methyl sites for hydroxylation is 1. The lowest BCUT2D eigenvalue weighted by molar-refractivity contribution is 0.414. The molecule has 5 nitrogen and oxygen atoms in total. The molecule has 1 aromatic heterocycles. The maximum absolute atomic E-state index is 12.4. The molecule has 0 fully saturated rings. The Morgan fingerprint density at radius 2 is 2.00 bits per heavy atom. The number of rotatable bonds is 6. The van der Waals surface area contributed by atoms with E-state index in [1.54, 1.807) is 31.4 Å². The van der Waals surface area contributed by atoms with Crippen molar-refractivity contribution in [1.82, 2.24) is 5.32 Å². The van der Waals surface area contributed by atoms with E-state index < -0.39 is 10.0 Å². The van der Waals surface area contributed by atoms with Gasteiger partial charge in [0.05, 0.1) is 12.8 Å². The summed E-state index contributed by atoms with van der Waals surface area (Å²) in [5.74, 6) is 0.697. The fourth-order valence-corrected chi connectivity index (χ4v) is 4.34. The van der Waals surface area contributed by atoms with Crippen molar-refractivity contribution < 1.29 is 13.2 Å². The molecule has 1 heterocycles. The number of hydrogen-bond acceptors (Lipinski definition) is 5. The molecular weight excluding hydrogens is 308 g/mol. The highest BCUT2D eigenvalue weighted by Crippen LogP contribution is 2.27. The van der Waals surface area contributed by atoms with Crippen LogP contribution in [0.15, 0.2) is 34.5 Å². The van der Waals surface area contributed by atoms with E-state index in [0.717, 1.165) is 10.4 Å². The van der Waals surface area contributed by atoms with Crippen molar-refractivity contribution in [1.29, 1.82) is 0 Å². The number of ether oxygens (including phenoxy) is 1. The Hall–Kier alpha value is -1.57. The summed E-state index contributed by atoms with van der Waals surface area (Å²) in [7, 11) is -0.150. The Morgan fingerprint density at radius 3 is 2.62 bits per heavy atom. The highest BCUT2D eigenvalue weighted by molar-refractivity contribution is 7.94. The first-order valence-electron chi connectivity index (χ1n) is 6.37. The third-order valence-corrected chi connectivity index (χ3v) is 5.87. The summed E-state index contributed by atoms with van der Waals surface area (Å²) in [6, 6.07) is 8.66.